The lowest BCUT2D eigenvalue weighted by Crippen LogP contribution is -2.25. The molecule has 0 bridgehead atoms. The second kappa shape index (κ2) is 9.17. The lowest BCUT2D eigenvalue weighted by molar-refractivity contribution is -0.0512. The van der Waals surface area contributed by atoms with Gasteiger partial charge in [-0.3, -0.25) is 4.79 Å². The fourth-order valence-corrected chi connectivity index (χ4v) is 2.49. The summed E-state index contributed by atoms with van der Waals surface area (Å²) in [5.74, 6) is 0.160. The normalized spacial score (nSPS) is 10.9. The van der Waals surface area contributed by atoms with Gasteiger partial charge in [-0.1, -0.05) is 38.1 Å². The maximum absolute atomic E-state index is 12.3. The van der Waals surface area contributed by atoms with Crippen LogP contribution in [-0.2, 0) is 6.42 Å². The second-order valence-electron chi connectivity index (χ2n) is 6.15. The van der Waals surface area contributed by atoms with Crippen LogP contribution in [0.4, 0.5) is 8.78 Å². The fraction of sp³-hybridized carbons (Fsp3) is 0.350. The van der Waals surface area contributed by atoms with Crippen LogP contribution in [0.15, 0.2) is 42.5 Å². The van der Waals surface area contributed by atoms with E-state index in [9.17, 15) is 13.6 Å². The van der Waals surface area contributed by atoms with Crippen LogP contribution in [0, 0.1) is 0 Å². The third kappa shape index (κ3) is 5.44. The van der Waals surface area contributed by atoms with Gasteiger partial charge in [0.15, 0.2) is 11.5 Å². The minimum atomic E-state index is -2.95. The number of hydrogen-bond acceptors (Lipinski definition) is 3. The molecule has 0 saturated heterocycles. The summed E-state index contributed by atoms with van der Waals surface area (Å²) in [7, 11) is 1.33. The average molecular weight is 363 g/mol. The molecule has 0 unspecified atom stereocenters. The molecule has 2 aromatic carbocycles. The van der Waals surface area contributed by atoms with Gasteiger partial charge in [0.05, 0.1) is 7.11 Å². The van der Waals surface area contributed by atoms with E-state index in [0.29, 0.717) is 24.4 Å². The molecule has 0 radical (unpaired) electrons. The molecular weight excluding hydrogens is 340 g/mol. The molecule has 0 aliphatic carbocycles. The Morgan fingerprint density at radius 1 is 1.08 bits per heavy atom. The lowest BCUT2D eigenvalue weighted by Gasteiger charge is -2.12. The van der Waals surface area contributed by atoms with E-state index < -0.39 is 6.61 Å². The summed E-state index contributed by atoms with van der Waals surface area (Å²) in [5, 5.41) is 2.81. The van der Waals surface area contributed by atoms with Gasteiger partial charge in [0.25, 0.3) is 5.91 Å². The molecule has 0 aliphatic rings. The zero-order chi connectivity index (χ0) is 19.1. The minimum absolute atomic E-state index is 0.0854. The van der Waals surface area contributed by atoms with Gasteiger partial charge in [-0.05, 0) is 41.7 Å². The Labute approximate surface area is 152 Å². The van der Waals surface area contributed by atoms with Crippen LogP contribution in [0.2, 0.25) is 0 Å². The number of amides is 1. The molecule has 0 aromatic heterocycles. The van der Waals surface area contributed by atoms with Crippen molar-refractivity contribution < 1.29 is 23.0 Å². The molecule has 2 aromatic rings. The first-order valence-corrected chi connectivity index (χ1v) is 8.40. The van der Waals surface area contributed by atoms with Gasteiger partial charge in [0.1, 0.15) is 0 Å². The number of rotatable bonds is 8. The first-order valence-electron chi connectivity index (χ1n) is 8.40. The van der Waals surface area contributed by atoms with Crippen molar-refractivity contribution in [2.75, 3.05) is 13.7 Å². The summed E-state index contributed by atoms with van der Waals surface area (Å²) in [6.45, 7) is 1.80. The van der Waals surface area contributed by atoms with Gasteiger partial charge in [-0.15, -0.1) is 0 Å². The maximum Gasteiger partial charge on any atom is 0.387 e. The smallest absolute Gasteiger partial charge is 0.387 e. The number of alkyl halides is 2. The van der Waals surface area contributed by atoms with Crippen LogP contribution in [-0.4, -0.2) is 26.2 Å². The van der Waals surface area contributed by atoms with Gasteiger partial charge in [0.2, 0.25) is 0 Å². The highest BCUT2D eigenvalue weighted by atomic mass is 19.3. The number of hydrogen-bond donors (Lipinski definition) is 1. The van der Waals surface area contributed by atoms with Crippen molar-refractivity contribution >= 4 is 5.91 Å². The van der Waals surface area contributed by atoms with Crippen molar-refractivity contribution in [3.63, 3.8) is 0 Å². The SMILES string of the molecule is COc1cc(C(=O)NCCc2ccc(C(C)C)cc2)ccc1OC(F)F. The predicted octanol–water partition coefficient (Wildman–Crippen LogP) is 4.39. The Hall–Kier alpha value is -2.63. The van der Waals surface area contributed by atoms with E-state index in [1.54, 1.807) is 0 Å². The van der Waals surface area contributed by atoms with Crippen molar-refractivity contribution in [3.8, 4) is 11.5 Å². The number of halogens is 2. The molecule has 140 valence electrons. The van der Waals surface area contributed by atoms with Crippen LogP contribution < -0.4 is 14.8 Å². The Morgan fingerprint density at radius 2 is 1.77 bits per heavy atom. The van der Waals surface area contributed by atoms with Crippen molar-refractivity contribution in [2.45, 2.75) is 32.8 Å². The molecule has 1 amide bonds. The molecule has 0 fully saturated rings. The van der Waals surface area contributed by atoms with Crippen LogP contribution >= 0.6 is 0 Å². The Balaban J connectivity index is 1.93. The minimum Gasteiger partial charge on any atom is -0.493 e. The first-order chi connectivity index (χ1) is 12.4. The zero-order valence-corrected chi connectivity index (χ0v) is 15.1. The van der Waals surface area contributed by atoms with E-state index in [0.717, 1.165) is 5.56 Å². The standard InChI is InChI=1S/C20H23F2NO3/c1-13(2)15-6-4-14(5-7-15)10-11-23-19(24)16-8-9-17(26-20(21)22)18(12-16)25-3/h4-9,12-13,20H,10-11H2,1-3H3,(H,23,24). The molecule has 26 heavy (non-hydrogen) atoms. The highest BCUT2D eigenvalue weighted by Crippen LogP contribution is 2.29. The number of carbonyl (C=O) groups is 1. The topological polar surface area (TPSA) is 47.6 Å². The lowest BCUT2D eigenvalue weighted by atomic mass is 10.0. The fourth-order valence-electron chi connectivity index (χ4n) is 2.49. The number of carbonyl (C=O) groups excluding carboxylic acids is 1. The van der Waals surface area contributed by atoms with Gasteiger partial charge < -0.3 is 14.8 Å². The quantitative estimate of drug-likeness (QED) is 0.757. The van der Waals surface area contributed by atoms with Crippen LogP contribution in [0.3, 0.4) is 0 Å². The van der Waals surface area contributed by atoms with E-state index in [1.807, 2.05) is 0 Å². The van der Waals surface area contributed by atoms with Gasteiger partial charge in [0, 0.05) is 12.1 Å². The average Bonchev–Trinajstić information content (AvgIpc) is 2.61. The maximum atomic E-state index is 12.3. The van der Waals surface area contributed by atoms with Crippen molar-refractivity contribution in [3.05, 3.63) is 59.2 Å². The third-order valence-electron chi connectivity index (χ3n) is 3.99. The molecule has 0 atom stereocenters. The number of nitrogens with one attached hydrogen (secondary N) is 1. The van der Waals surface area contributed by atoms with Crippen molar-refractivity contribution in [1.82, 2.24) is 5.32 Å². The first kappa shape index (κ1) is 19.7. The zero-order valence-electron chi connectivity index (χ0n) is 15.1. The van der Waals surface area contributed by atoms with E-state index in [4.69, 9.17) is 4.74 Å². The third-order valence-corrected chi connectivity index (χ3v) is 3.99. The second-order valence-corrected chi connectivity index (χ2v) is 6.15. The van der Waals surface area contributed by atoms with Gasteiger partial charge in [-0.25, -0.2) is 0 Å². The number of ether oxygens (including phenoxy) is 2. The molecule has 0 heterocycles. The van der Waals surface area contributed by atoms with Crippen LogP contribution in [0.25, 0.3) is 0 Å². The molecule has 6 heteroatoms. The molecular formula is C20H23F2NO3. The van der Waals surface area contributed by atoms with Crippen molar-refractivity contribution in [1.29, 1.82) is 0 Å². The largest absolute Gasteiger partial charge is 0.493 e. The summed E-state index contributed by atoms with van der Waals surface area (Å²) in [6, 6.07) is 12.4. The van der Waals surface area contributed by atoms with Gasteiger partial charge >= 0.3 is 6.61 Å². The molecule has 2 rings (SSSR count). The summed E-state index contributed by atoms with van der Waals surface area (Å²) < 4.78 is 34.0. The Bertz CT molecular complexity index is 730. The van der Waals surface area contributed by atoms with Gasteiger partial charge in [-0.2, -0.15) is 8.78 Å². The van der Waals surface area contributed by atoms with Crippen LogP contribution in [0.1, 0.15) is 41.3 Å². The monoisotopic (exact) mass is 363 g/mol. The molecule has 0 saturated carbocycles. The number of methoxy groups -OCH3 is 1. The van der Waals surface area contributed by atoms with E-state index in [1.165, 1.54) is 30.9 Å². The summed E-state index contributed by atoms with van der Waals surface area (Å²) in [6.07, 6.45) is 0.702. The van der Waals surface area contributed by atoms with E-state index >= 15 is 0 Å². The summed E-state index contributed by atoms with van der Waals surface area (Å²) in [4.78, 5) is 12.2. The summed E-state index contributed by atoms with van der Waals surface area (Å²) >= 11 is 0. The van der Waals surface area contributed by atoms with E-state index in [-0.39, 0.29) is 17.4 Å². The molecule has 0 aliphatic heterocycles. The summed E-state index contributed by atoms with van der Waals surface area (Å²) in [5.41, 5.74) is 2.72. The molecule has 0 spiro atoms. The molecule has 4 nitrogen and oxygen atoms in total. The molecule has 1 N–H and O–H groups in total. The van der Waals surface area contributed by atoms with Crippen LogP contribution in [0.5, 0.6) is 11.5 Å². The Kier molecular flexibility index (Phi) is 6.95. The predicted molar refractivity (Wildman–Crippen MR) is 96.2 cm³/mol. The van der Waals surface area contributed by atoms with Crippen molar-refractivity contribution in [2.24, 2.45) is 0 Å². The highest BCUT2D eigenvalue weighted by molar-refractivity contribution is 5.94. The highest BCUT2D eigenvalue weighted by Gasteiger charge is 2.14. The number of benzene rings is 2. The Morgan fingerprint density at radius 3 is 2.35 bits per heavy atom. The van der Waals surface area contributed by atoms with E-state index in [2.05, 4.69) is 48.2 Å².